The second-order valence-electron chi connectivity index (χ2n) is 3.44. The molecule has 19 heavy (non-hydrogen) atoms. The molecule has 0 bridgehead atoms. The second kappa shape index (κ2) is 7.19. The van der Waals surface area contributed by atoms with E-state index in [0.717, 1.165) is 4.47 Å². The van der Waals surface area contributed by atoms with E-state index in [2.05, 4.69) is 20.9 Å². The lowest BCUT2D eigenvalue weighted by Gasteiger charge is -2.09. The Morgan fingerprint density at radius 1 is 1.32 bits per heavy atom. The molecule has 0 fully saturated rings. The summed E-state index contributed by atoms with van der Waals surface area (Å²) in [7, 11) is 1.58. The van der Waals surface area contributed by atoms with Gasteiger partial charge in [0.1, 0.15) is 5.75 Å². The van der Waals surface area contributed by atoms with Gasteiger partial charge in [-0.1, -0.05) is 13.8 Å². The molecular weight excluding hydrogens is 310 g/mol. The number of hydrogen-bond acceptors (Lipinski definition) is 3. The second-order valence-corrected chi connectivity index (χ2v) is 4.23. The zero-order chi connectivity index (χ0) is 14.4. The van der Waals surface area contributed by atoms with Crippen molar-refractivity contribution in [2.24, 2.45) is 0 Å². The number of aromatic amines is 1. The van der Waals surface area contributed by atoms with E-state index in [1.807, 2.05) is 20.8 Å². The topological polar surface area (TPSA) is 51.3 Å². The zero-order valence-electron chi connectivity index (χ0n) is 11.5. The van der Waals surface area contributed by atoms with E-state index in [0.29, 0.717) is 29.1 Å². The Morgan fingerprint density at radius 3 is 2.58 bits per heavy atom. The van der Waals surface area contributed by atoms with E-state index in [9.17, 15) is 4.79 Å². The van der Waals surface area contributed by atoms with E-state index in [1.165, 1.54) is 6.07 Å². The van der Waals surface area contributed by atoms with Gasteiger partial charge in [-0.25, -0.2) is 0 Å². The Kier molecular flexibility index (Phi) is 5.89. The first-order chi connectivity index (χ1) is 9.17. The summed E-state index contributed by atoms with van der Waals surface area (Å²) < 4.78 is 11.2. The SMILES string of the molecule is CC.CCOc1cc(=O)c2ccc(OC)c(Br)c2[nH]1. The first-order valence-electron chi connectivity index (χ1n) is 6.19. The monoisotopic (exact) mass is 327 g/mol. The lowest BCUT2D eigenvalue weighted by atomic mass is 10.2. The number of H-pyrrole nitrogens is 1. The number of hydrogen-bond donors (Lipinski definition) is 1. The number of pyridine rings is 1. The largest absolute Gasteiger partial charge is 0.495 e. The number of methoxy groups -OCH3 is 1. The van der Waals surface area contributed by atoms with Gasteiger partial charge in [0.2, 0.25) is 0 Å². The minimum absolute atomic E-state index is 0.0782. The van der Waals surface area contributed by atoms with Crippen molar-refractivity contribution in [3.05, 3.63) is 32.9 Å². The maximum atomic E-state index is 11.9. The molecule has 5 heteroatoms. The molecule has 4 nitrogen and oxygen atoms in total. The highest BCUT2D eigenvalue weighted by molar-refractivity contribution is 9.10. The summed E-state index contributed by atoms with van der Waals surface area (Å²) in [6, 6.07) is 4.93. The Balaban J connectivity index is 0.000000861. The summed E-state index contributed by atoms with van der Waals surface area (Å²) in [4.78, 5) is 14.9. The van der Waals surface area contributed by atoms with Crippen LogP contribution < -0.4 is 14.9 Å². The van der Waals surface area contributed by atoms with Crippen LogP contribution in [0, 0.1) is 0 Å². The van der Waals surface area contributed by atoms with Crippen LogP contribution >= 0.6 is 15.9 Å². The Hall–Kier alpha value is -1.49. The van der Waals surface area contributed by atoms with Gasteiger partial charge < -0.3 is 14.5 Å². The van der Waals surface area contributed by atoms with E-state index in [1.54, 1.807) is 19.2 Å². The minimum Gasteiger partial charge on any atom is -0.495 e. The molecule has 0 aliphatic rings. The maximum absolute atomic E-state index is 11.9. The molecule has 0 atom stereocenters. The molecule has 0 aliphatic heterocycles. The Morgan fingerprint density at radius 2 is 2.00 bits per heavy atom. The van der Waals surface area contributed by atoms with Crippen LogP contribution in [0.3, 0.4) is 0 Å². The van der Waals surface area contributed by atoms with E-state index >= 15 is 0 Å². The highest BCUT2D eigenvalue weighted by atomic mass is 79.9. The van der Waals surface area contributed by atoms with Gasteiger partial charge in [0.15, 0.2) is 11.3 Å². The van der Waals surface area contributed by atoms with E-state index < -0.39 is 0 Å². The van der Waals surface area contributed by atoms with Crippen LogP contribution in [-0.2, 0) is 0 Å². The average molecular weight is 328 g/mol. The molecule has 2 rings (SSSR count). The molecule has 0 radical (unpaired) electrons. The maximum Gasteiger partial charge on any atom is 0.195 e. The third-order valence-corrected chi connectivity index (χ3v) is 3.19. The quantitative estimate of drug-likeness (QED) is 0.934. The fraction of sp³-hybridized carbons (Fsp3) is 0.357. The number of benzene rings is 1. The number of fused-ring (bicyclic) bond motifs is 1. The van der Waals surface area contributed by atoms with Gasteiger partial charge in [-0.3, -0.25) is 4.79 Å². The van der Waals surface area contributed by atoms with Gasteiger partial charge in [0, 0.05) is 11.5 Å². The molecule has 1 N–H and O–H groups in total. The summed E-state index contributed by atoms with van der Waals surface area (Å²) in [6.45, 7) is 6.37. The summed E-state index contributed by atoms with van der Waals surface area (Å²) in [5, 5.41) is 0.598. The molecule has 0 saturated heterocycles. The van der Waals surface area contributed by atoms with Gasteiger partial charge in [-0.2, -0.15) is 0 Å². The number of halogens is 1. The first kappa shape index (κ1) is 15.6. The molecular formula is C14H18BrNO3. The molecule has 2 aromatic rings. The van der Waals surface area contributed by atoms with Gasteiger partial charge in [-0.15, -0.1) is 0 Å². The van der Waals surface area contributed by atoms with Gasteiger partial charge in [0.25, 0.3) is 0 Å². The fourth-order valence-electron chi connectivity index (χ4n) is 1.63. The van der Waals surface area contributed by atoms with Crippen LogP contribution in [0.15, 0.2) is 27.5 Å². The molecule has 0 unspecified atom stereocenters. The van der Waals surface area contributed by atoms with E-state index in [-0.39, 0.29) is 5.43 Å². The molecule has 0 saturated carbocycles. The molecule has 1 aromatic carbocycles. The van der Waals surface area contributed by atoms with Crippen molar-refractivity contribution >= 4 is 26.8 Å². The van der Waals surface area contributed by atoms with Crippen LogP contribution in [0.1, 0.15) is 20.8 Å². The van der Waals surface area contributed by atoms with Gasteiger partial charge in [0.05, 0.1) is 23.7 Å². The normalized spacial score (nSPS) is 9.74. The molecule has 104 valence electrons. The minimum atomic E-state index is -0.0782. The molecule has 1 heterocycles. The number of nitrogens with one attached hydrogen (secondary N) is 1. The highest BCUT2D eigenvalue weighted by Crippen LogP contribution is 2.31. The molecule has 0 spiro atoms. The van der Waals surface area contributed by atoms with Crippen LogP contribution in [0.2, 0.25) is 0 Å². The van der Waals surface area contributed by atoms with Crippen LogP contribution in [0.25, 0.3) is 10.9 Å². The molecule has 1 aromatic heterocycles. The standard InChI is InChI=1S/C12H12BrNO3.C2H6/c1-3-17-10-6-8(15)7-4-5-9(16-2)11(13)12(7)14-10;1-2/h4-6H,3H2,1-2H3,(H,14,15);1-2H3. The highest BCUT2D eigenvalue weighted by Gasteiger charge is 2.09. The number of aromatic nitrogens is 1. The van der Waals surface area contributed by atoms with Crippen molar-refractivity contribution in [2.45, 2.75) is 20.8 Å². The molecule has 0 aliphatic carbocycles. The first-order valence-corrected chi connectivity index (χ1v) is 6.99. The van der Waals surface area contributed by atoms with E-state index in [4.69, 9.17) is 9.47 Å². The third-order valence-electron chi connectivity index (χ3n) is 2.40. The number of rotatable bonds is 3. The molecule has 0 amide bonds. The smallest absolute Gasteiger partial charge is 0.195 e. The van der Waals surface area contributed by atoms with Crippen LogP contribution in [0.5, 0.6) is 11.6 Å². The van der Waals surface area contributed by atoms with Crippen LogP contribution in [-0.4, -0.2) is 18.7 Å². The van der Waals surface area contributed by atoms with Crippen molar-refractivity contribution in [2.75, 3.05) is 13.7 Å². The van der Waals surface area contributed by atoms with Crippen molar-refractivity contribution in [1.82, 2.24) is 4.98 Å². The summed E-state index contributed by atoms with van der Waals surface area (Å²) in [5.74, 6) is 1.13. The summed E-state index contributed by atoms with van der Waals surface area (Å²) >= 11 is 3.41. The lowest BCUT2D eigenvalue weighted by Crippen LogP contribution is -2.05. The van der Waals surface area contributed by atoms with Crippen LogP contribution in [0.4, 0.5) is 0 Å². The van der Waals surface area contributed by atoms with Crippen molar-refractivity contribution in [1.29, 1.82) is 0 Å². The van der Waals surface area contributed by atoms with Crippen molar-refractivity contribution in [3.8, 4) is 11.6 Å². The Labute approximate surface area is 120 Å². The van der Waals surface area contributed by atoms with Crippen molar-refractivity contribution < 1.29 is 9.47 Å². The average Bonchev–Trinajstić information content (AvgIpc) is 2.43. The van der Waals surface area contributed by atoms with Gasteiger partial charge in [-0.05, 0) is 35.0 Å². The zero-order valence-corrected chi connectivity index (χ0v) is 13.1. The fourth-order valence-corrected chi connectivity index (χ4v) is 2.24. The predicted octanol–water partition coefficient (Wildman–Crippen LogP) is 3.72. The Bertz CT molecular complexity index is 607. The van der Waals surface area contributed by atoms with Crippen molar-refractivity contribution in [3.63, 3.8) is 0 Å². The summed E-state index contributed by atoms with van der Waals surface area (Å²) in [5.41, 5.74) is 0.603. The predicted molar refractivity (Wildman–Crippen MR) is 81.3 cm³/mol. The summed E-state index contributed by atoms with van der Waals surface area (Å²) in [6.07, 6.45) is 0. The third kappa shape index (κ3) is 3.29. The lowest BCUT2D eigenvalue weighted by molar-refractivity contribution is 0.328. The van der Waals surface area contributed by atoms with Gasteiger partial charge >= 0.3 is 0 Å². The number of ether oxygens (including phenoxy) is 2.